The summed E-state index contributed by atoms with van der Waals surface area (Å²) in [5.41, 5.74) is 1.39. The Morgan fingerprint density at radius 2 is 1.94 bits per heavy atom. The van der Waals surface area contributed by atoms with Crippen LogP contribution in [0, 0.1) is 13.8 Å². The van der Waals surface area contributed by atoms with Gasteiger partial charge in [0.1, 0.15) is 0 Å². The maximum absolute atomic E-state index is 12.3. The summed E-state index contributed by atoms with van der Waals surface area (Å²) in [7, 11) is -3.39. The number of nitrogens with one attached hydrogen (secondary N) is 1. The SMILES string of the molecule is Cc1cc(C)nc(S(=O)(=O)C2CCCNC2)n1. The van der Waals surface area contributed by atoms with Crippen LogP contribution < -0.4 is 5.32 Å². The molecular formula is C11H17N3O2S. The summed E-state index contributed by atoms with van der Waals surface area (Å²) in [6.45, 7) is 4.96. The van der Waals surface area contributed by atoms with Crippen molar-refractivity contribution < 1.29 is 8.42 Å². The minimum absolute atomic E-state index is 0.0244. The number of piperidine rings is 1. The van der Waals surface area contributed by atoms with Crippen LogP contribution >= 0.6 is 0 Å². The van der Waals surface area contributed by atoms with Crippen molar-refractivity contribution in [2.75, 3.05) is 13.1 Å². The van der Waals surface area contributed by atoms with Gasteiger partial charge in [0.05, 0.1) is 5.25 Å². The van der Waals surface area contributed by atoms with Crippen LogP contribution in [0.1, 0.15) is 24.2 Å². The molecule has 1 saturated heterocycles. The van der Waals surface area contributed by atoms with E-state index < -0.39 is 15.1 Å². The molecule has 5 nitrogen and oxygen atoms in total. The number of sulfone groups is 1. The van der Waals surface area contributed by atoms with E-state index >= 15 is 0 Å². The zero-order valence-corrected chi connectivity index (χ0v) is 10.9. The molecule has 1 aliphatic heterocycles. The van der Waals surface area contributed by atoms with Gasteiger partial charge >= 0.3 is 0 Å². The molecular weight excluding hydrogens is 238 g/mol. The van der Waals surface area contributed by atoms with Gasteiger partial charge in [-0.25, -0.2) is 18.4 Å². The Kier molecular flexibility index (Phi) is 3.44. The number of aromatic nitrogens is 2. The first-order valence-electron chi connectivity index (χ1n) is 5.77. The van der Waals surface area contributed by atoms with Crippen LogP contribution in [-0.4, -0.2) is 36.7 Å². The number of rotatable bonds is 2. The van der Waals surface area contributed by atoms with Crippen LogP contribution in [0.25, 0.3) is 0 Å². The van der Waals surface area contributed by atoms with Crippen LogP contribution in [-0.2, 0) is 9.84 Å². The van der Waals surface area contributed by atoms with Gasteiger partial charge in [0.15, 0.2) is 0 Å². The summed E-state index contributed by atoms with van der Waals surface area (Å²) in [4.78, 5) is 8.11. The van der Waals surface area contributed by atoms with Crippen molar-refractivity contribution in [3.05, 3.63) is 17.5 Å². The van der Waals surface area contributed by atoms with E-state index in [2.05, 4.69) is 15.3 Å². The fourth-order valence-corrected chi connectivity index (χ4v) is 3.71. The van der Waals surface area contributed by atoms with Crippen molar-refractivity contribution in [2.45, 2.75) is 37.1 Å². The van der Waals surface area contributed by atoms with Crippen molar-refractivity contribution in [1.29, 1.82) is 0 Å². The summed E-state index contributed by atoms with van der Waals surface area (Å²) >= 11 is 0. The summed E-state index contributed by atoms with van der Waals surface area (Å²) in [6, 6.07) is 1.78. The molecule has 0 aliphatic carbocycles. The number of hydrogen-bond donors (Lipinski definition) is 1. The van der Waals surface area contributed by atoms with Gasteiger partial charge in [-0.15, -0.1) is 0 Å². The third-order valence-corrected chi connectivity index (χ3v) is 4.88. The van der Waals surface area contributed by atoms with E-state index in [1.54, 1.807) is 19.9 Å². The van der Waals surface area contributed by atoms with Crippen LogP contribution in [0.4, 0.5) is 0 Å². The van der Waals surface area contributed by atoms with Gasteiger partial charge in [0.25, 0.3) is 0 Å². The van der Waals surface area contributed by atoms with Crippen LogP contribution in [0.2, 0.25) is 0 Å². The molecule has 2 heterocycles. The van der Waals surface area contributed by atoms with Crippen molar-refractivity contribution in [1.82, 2.24) is 15.3 Å². The predicted molar refractivity (Wildman–Crippen MR) is 64.6 cm³/mol. The molecule has 1 unspecified atom stereocenters. The Labute approximate surface area is 102 Å². The average molecular weight is 255 g/mol. The Balaban J connectivity index is 2.36. The molecule has 0 bridgehead atoms. The highest BCUT2D eigenvalue weighted by Crippen LogP contribution is 2.18. The standard InChI is InChI=1S/C11H17N3O2S/c1-8-6-9(2)14-11(13-8)17(15,16)10-4-3-5-12-7-10/h6,10,12H,3-5,7H2,1-2H3. The molecule has 17 heavy (non-hydrogen) atoms. The minimum Gasteiger partial charge on any atom is -0.315 e. The summed E-state index contributed by atoms with van der Waals surface area (Å²) in [5, 5.41) is 2.69. The van der Waals surface area contributed by atoms with Gasteiger partial charge in [-0.05, 0) is 39.3 Å². The third kappa shape index (κ3) is 2.63. The topological polar surface area (TPSA) is 72.0 Å². The minimum atomic E-state index is -3.39. The van der Waals surface area contributed by atoms with E-state index in [9.17, 15) is 8.42 Å². The van der Waals surface area contributed by atoms with E-state index in [0.29, 0.717) is 24.4 Å². The quantitative estimate of drug-likeness (QED) is 0.784. The van der Waals surface area contributed by atoms with E-state index in [1.165, 1.54) is 0 Å². The predicted octanol–water partition coefficient (Wildman–Crippen LogP) is 0.619. The van der Waals surface area contributed by atoms with E-state index in [-0.39, 0.29) is 5.16 Å². The summed E-state index contributed by atoms with van der Waals surface area (Å²) < 4.78 is 24.7. The molecule has 0 saturated carbocycles. The average Bonchev–Trinajstić information content (AvgIpc) is 2.29. The highest BCUT2D eigenvalue weighted by molar-refractivity contribution is 7.91. The molecule has 0 amide bonds. The van der Waals surface area contributed by atoms with Crippen LogP contribution in [0.15, 0.2) is 11.2 Å². The molecule has 1 aromatic rings. The Hall–Kier alpha value is -1.01. The summed E-state index contributed by atoms with van der Waals surface area (Å²) in [5.74, 6) is 0. The van der Waals surface area contributed by atoms with Gasteiger partial charge in [0.2, 0.25) is 15.0 Å². The monoisotopic (exact) mass is 255 g/mol. The summed E-state index contributed by atoms with van der Waals surface area (Å²) in [6.07, 6.45) is 1.57. The number of nitrogens with zero attached hydrogens (tertiary/aromatic N) is 2. The zero-order valence-electron chi connectivity index (χ0n) is 10.1. The van der Waals surface area contributed by atoms with E-state index in [4.69, 9.17) is 0 Å². The first kappa shape index (κ1) is 12.4. The Bertz CT molecular complexity index is 487. The van der Waals surface area contributed by atoms with Gasteiger partial charge in [0, 0.05) is 17.9 Å². The third-order valence-electron chi connectivity index (χ3n) is 2.91. The van der Waals surface area contributed by atoms with Gasteiger partial charge in [-0.3, -0.25) is 0 Å². The van der Waals surface area contributed by atoms with Crippen LogP contribution in [0.5, 0.6) is 0 Å². The van der Waals surface area contributed by atoms with Crippen molar-refractivity contribution in [3.63, 3.8) is 0 Å². The maximum atomic E-state index is 12.3. The molecule has 0 aromatic carbocycles. The van der Waals surface area contributed by atoms with Gasteiger partial charge in [-0.1, -0.05) is 0 Å². The van der Waals surface area contributed by atoms with Gasteiger partial charge in [-0.2, -0.15) is 0 Å². The second-order valence-corrected chi connectivity index (χ2v) is 6.57. The van der Waals surface area contributed by atoms with E-state index in [1.807, 2.05) is 0 Å². The van der Waals surface area contributed by atoms with E-state index in [0.717, 1.165) is 13.0 Å². The fourth-order valence-electron chi connectivity index (χ4n) is 2.05. The van der Waals surface area contributed by atoms with Crippen molar-refractivity contribution >= 4 is 9.84 Å². The number of aryl methyl sites for hydroxylation is 2. The number of hydrogen-bond acceptors (Lipinski definition) is 5. The Morgan fingerprint density at radius 3 is 2.47 bits per heavy atom. The molecule has 1 atom stereocenters. The molecule has 6 heteroatoms. The lowest BCUT2D eigenvalue weighted by Crippen LogP contribution is -2.39. The second-order valence-electron chi connectivity index (χ2n) is 4.45. The Morgan fingerprint density at radius 1 is 1.29 bits per heavy atom. The largest absolute Gasteiger partial charge is 0.315 e. The van der Waals surface area contributed by atoms with Gasteiger partial charge < -0.3 is 5.32 Å². The van der Waals surface area contributed by atoms with Crippen molar-refractivity contribution in [2.24, 2.45) is 0 Å². The molecule has 1 fully saturated rings. The lowest BCUT2D eigenvalue weighted by molar-refractivity contribution is 0.492. The highest BCUT2D eigenvalue weighted by Gasteiger charge is 2.31. The molecule has 2 rings (SSSR count). The molecule has 1 aromatic heterocycles. The normalized spacial score (nSPS) is 21.4. The lowest BCUT2D eigenvalue weighted by atomic mass is 10.2. The second kappa shape index (κ2) is 4.70. The van der Waals surface area contributed by atoms with Crippen molar-refractivity contribution in [3.8, 4) is 0 Å². The fraction of sp³-hybridized carbons (Fsp3) is 0.636. The first-order chi connectivity index (χ1) is 8.00. The molecule has 0 spiro atoms. The highest BCUT2D eigenvalue weighted by atomic mass is 32.2. The first-order valence-corrected chi connectivity index (χ1v) is 7.31. The molecule has 1 aliphatic rings. The molecule has 1 N–H and O–H groups in total. The smallest absolute Gasteiger partial charge is 0.247 e. The zero-order chi connectivity index (χ0) is 12.5. The van der Waals surface area contributed by atoms with Crippen LogP contribution in [0.3, 0.4) is 0 Å². The molecule has 0 radical (unpaired) electrons. The lowest BCUT2D eigenvalue weighted by Gasteiger charge is -2.22. The maximum Gasteiger partial charge on any atom is 0.247 e. The molecule has 94 valence electrons.